The number of nitrogens with zero attached hydrogens (tertiary/aromatic N) is 3. The summed E-state index contributed by atoms with van der Waals surface area (Å²) in [6, 6.07) is 141. The van der Waals surface area contributed by atoms with Crippen molar-refractivity contribution >= 4 is 126 Å². The van der Waals surface area contributed by atoms with Gasteiger partial charge in [0.15, 0.2) is 0 Å². The van der Waals surface area contributed by atoms with Crippen LogP contribution in [0.25, 0.3) is 188 Å². The first kappa shape index (κ1) is 62.1. The van der Waals surface area contributed by atoms with E-state index in [1.54, 1.807) is 0 Å². The highest BCUT2D eigenvalue weighted by molar-refractivity contribution is 6.15. The lowest BCUT2D eigenvalue weighted by Crippen LogP contribution is -2.09. The highest BCUT2D eigenvalue weighted by Gasteiger charge is 2.21. The van der Waals surface area contributed by atoms with Gasteiger partial charge in [-0.3, -0.25) is 0 Å². The molecular weight excluding hydrogens is 1320 g/mol. The Kier molecular flexibility index (Phi) is 14.8. The van der Waals surface area contributed by atoms with Gasteiger partial charge < -0.3 is 27.3 Å². The van der Waals surface area contributed by atoms with Gasteiger partial charge in [-0.2, -0.15) is 0 Å². The zero-order valence-corrected chi connectivity index (χ0v) is 58.6. The van der Waals surface area contributed by atoms with Crippen LogP contribution in [0.5, 0.6) is 0 Å². The fourth-order valence-electron chi connectivity index (χ4n) is 16.5. The standard InChI is InChI=1S/C54H35NO2.C48H30N2O/c1-2-10-36(11-3-1)37-20-22-38(23-21-37)39-24-30-42(31-25-39)55(43-32-26-40(27-33-43)45-14-8-16-49-47-12-4-6-18-51(47)56-53(45)49)44-34-28-41(29-35-44)46-15-9-17-50-48-13-5-7-19-52(48)57-54(46)50;1-2-11-34(12-3-1)49-43-18-7-4-13-37(43)41-29-32(23-27-45(41)49)33-24-28-46-42(30-33)38-14-5-8-19-44(38)50(46)35-25-21-31(22-26-35)36-16-10-17-40-39-15-6-9-20-47(39)51-48(36)40/h1-35H;1-30H. The molecule has 6 nitrogen and oxygen atoms in total. The summed E-state index contributed by atoms with van der Waals surface area (Å²) in [7, 11) is 0. The Labute approximate surface area is 622 Å². The summed E-state index contributed by atoms with van der Waals surface area (Å²) < 4.78 is 23.9. The molecular formula is C102H65N3O3. The predicted octanol–water partition coefficient (Wildman–Crippen LogP) is 28.7. The summed E-state index contributed by atoms with van der Waals surface area (Å²) in [5, 5.41) is 11.8. The lowest BCUT2D eigenvalue weighted by molar-refractivity contribution is 0.669. The first-order chi connectivity index (χ1) is 53.5. The second kappa shape index (κ2) is 25.7. The van der Waals surface area contributed by atoms with Crippen molar-refractivity contribution in [1.29, 1.82) is 0 Å². The molecule has 0 N–H and O–H groups in total. The summed E-state index contributed by atoms with van der Waals surface area (Å²) in [5.41, 5.74) is 29.6. The third-order valence-electron chi connectivity index (χ3n) is 21.7. The molecule has 0 atom stereocenters. The molecule has 0 fully saturated rings. The van der Waals surface area contributed by atoms with E-state index in [1.165, 1.54) is 82.7 Å². The Hall–Kier alpha value is -14.5. The highest BCUT2D eigenvalue weighted by atomic mass is 16.3. The van der Waals surface area contributed by atoms with E-state index in [0.717, 1.165) is 122 Å². The molecule has 0 bridgehead atoms. The van der Waals surface area contributed by atoms with Crippen molar-refractivity contribution in [2.75, 3.05) is 4.90 Å². The van der Waals surface area contributed by atoms with Gasteiger partial charge in [0.2, 0.25) is 0 Å². The number of fused-ring (bicyclic) bond motifs is 15. The Bertz CT molecular complexity index is 7030. The van der Waals surface area contributed by atoms with E-state index in [9.17, 15) is 0 Å². The maximum atomic E-state index is 6.41. The van der Waals surface area contributed by atoms with Crippen molar-refractivity contribution in [2.24, 2.45) is 0 Å². The number of anilines is 3. The fourth-order valence-corrected chi connectivity index (χ4v) is 16.5. The largest absolute Gasteiger partial charge is 0.455 e. The van der Waals surface area contributed by atoms with Gasteiger partial charge >= 0.3 is 0 Å². The molecule has 0 amide bonds. The Morgan fingerprint density at radius 2 is 0.454 bits per heavy atom. The number of benzene rings is 17. The number of hydrogen-bond acceptors (Lipinski definition) is 4. The summed E-state index contributed by atoms with van der Waals surface area (Å²) in [4.78, 5) is 2.32. The van der Waals surface area contributed by atoms with E-state index >= 15 is 0 Å². The fraction of sp³-hybridized carbons (Fsp3) is 0. The molecule has 0 aliphatic carbocycles. The lowest BCUT2D eigenvalue weighted by atomic mass is 9.99. The molecule has 0 unspecified atom stereocenters. The molecule has 22 rings (SSSR count). The molecule has 22 aromatic rings. The van der Waals surface area contributed by atoms with E-state index in [2.05, 4.69) is 372 Å². The molecule has 0 saturated heterocycles. The Morgan fingerprint density at radius 1 is 0.176 bits per heavy atom. The Morgan fingerprint density at radius 3 is 0.852 bits per heavy atom. The lowest BCUT2D eigenvalue weighted by Gasteiger charge is -2.26. The van der Waals surface area contributed by atoms with Gasteiger partial charge in [-0.1, -0.05) is 279 Å². The van der Waals surface area contributed by atoms with E-state index in [4.69, 9.17) is 13.3 Å². The maximum absolute atomic E-state index is 6.41. The third kappa shape index (κ3) is 10.6. The van der Waals surface area contributed by atoms with Gasteiger partial charge in [0, 0.05) is 99.0 Å². The molecule has 506 valence electrons. The van der Waals surface area contributed by atoms with E-state index in [1.807, 2.05) is 36.4 Å². The quantitative estimate of drug-likeness (QED) is 0.129. The predicted molar refractivity (Wildman–Crippen MR) is 451 cm³/mol. The van der Waals surface area contributed by atoms with Crippen LogP contribution in [0.3, 0.4) is 0 Å². The molecule has 6 heteroatoms. The second-order valence-corrected chi connectivity index (χ2v) is 27.8. The van der Waals surface area contributed by atoms with Gasteiger partial charge in [-0.15, -0.1) is 0 Å². The molecule has 17 aromatic carbocycles. The third-order valence-corrected chi connectivity index (χ3v) is 21.7. The van der Waals surface area contributed by atoms with E-state index in [0.29, 0.717) is 0 Å². The van der Waals surface area contributed by atoms with Crippen molar-refractivity contribution in [1.82, 2.24) is 9.13 Å². The first-order valence-electron chi connectivity index (χ1n) is 36.8. The van der Waals surface area contributed by atoms with Crippen LogP contribution in [-0.4, -0.2) is 9.13 Å². The van der Waals surface area contributed by atoms with Crippen molar-refractivity contribution in [3.8, 4) is 78.1 Å². The second-order valence-electron chi connectivity index (χ2n) is 27.8. The summed E-state index contributed by atoms with van der Waals surface area (Å²) >= 11 is 0. The molecule has 5 heterocycles. The van der Waals surface area contributed by atoms with Gasteiger partial charge in [0.1, 0.15) is 33.5 Å². The number of rotatable bonds is 11. The normalized spacial score (nSPS) is 11.7. The van der Waals surface area contributed by atoms with Crippen LogP contribution in [0.4, 0.5) is 17.1 Å². The SMILES string of the molecule is c1ccc(-c2ccc(-c3ccc(N(c4ccc(-c5cccc6c5oc5ccccc56)cc4)c4ccc(-c5cccc6c5oc5ccccc56)cc4)cc3)cc2)cc1.c1ccc(-n2c3ccccc3c3cc(-c4ccc5c(c4)c4ccccc4n5-c4ccc(-c5cccc6c5oc5ccccc56)cc4)ccc32)cc1. The topological polar surface area (TPSA) is 52.5 Å². The molecule has 0 radical (unpaired) electrons. The molecule has 0 aliphatic rings. The van der Waals surface area contributed by atoms with Crippen molar-refractivity contribution in [3.05, 3.63) is 394 Å². The smallest absolute Gasteiger partial charge is 0.143 e. The average Bonchev–Trinajstić information content (AvgIpc) is 1.60. The van der Waals surface area contributed by atoms with E-state index < -0.39 is 0 Å². The van der Waals surface area contributed by atoms with E-state index in [-0.39, 0.29) is 0 Å². The number of aromatic nitrogens is 2. The monoisotopic (exact) mass is 1380 g/mol. The van der Waals surface area contributed by atoms with Crippen molar-refractivity contribution in [2.45, 2.75) is 0 Å². The average molecular weight is 1380 g/mol. The molecule has 0 aliphatic heterocycles. The van der Waals surface area contributed by atoms with Crippen LogP contribution in [0, 0.1) is 0 Å². The molecule has 0 spiro atoms. The van der Waals surface area contributed by atoms with Crippen LogP contribution in [0.1, 0.15) is 0 Å². The molecule has 108 heavy (non-hydrogen) atoms. The van der Waals surface area contributed by atoms with Crippen LogP contribution in [-0.2, 0) is 0 Å². The zero-order valence-electron chi connectivity index (χ0n) is 58.6. The van der Waals surface area contributed by atoms with Gasteiger partial charge in [-0.05, 0) is 165 Å². The summed E-state index contributed by atoms with van der Waals surface area (Å²) in [5.74, 6) is 0. The summed E-state index contributed by atoms with van der Waals surface area (Å²) in [6.45, 7) is 0. The summed E-state index contributed by atoms with van der Waals surface area (Å²) in [6.07, 6.45) is 0. The highest BCUT2D eigenvalue weighted by Crippen LogP contribution is 2.45. The van der Waals surface area contributed by atoms with Crippen LogP contribution < -0.4 is 4.90 Å². The maximum Gasteiger partial charge on any atom is 0.143 e. The van der Waals surface area contributed by atoms with Crippen LogP contribution in [0.15, 0.2) is 408 Å². The van der Waals surface area contributed by atoms with Crippen molar-refractivity contribution in [3.63, 3.8) is 0 Å². The first-order valence-corrected chi connectivity index (χ1v) is 36.8. The van der Waals surface area contributed by atoms with Gasteiger partial charge in [-0.25, -0.2) is 0 Å². The minimum Gasteiger partial charge on any atom is -0.455 e. The molecule has 5 aromatic heterocycles. The van der Waals surface area contributed by atoms with Crippen molar-refractivity contribution < 1.29 is 13.3 Å². The molecule has 0 saturated carbocycles. The minimum absolute atomic E-state index is 0.901. The number of para-hydroxylation sites is 9. The number of furan rings is 3. The Balaban J connectivity index is 0.000000139. The van der Waals surface area contributed by atoms with Crippen LogP contribution >= 0.6 is 0 Å². The van der Waals surface area contributed by atoms with Gasteiger partial charge in [0.25, 0.3) is 0 Å². The van der Waals surface area contributed by atoms with Crippen LogP contribution in [0.2, 0.25) is 0 Å². The zero-order chi connectivity index (χ0) is 71.2. The number of hydrogen-bond donors (Lipinski definition) is 0. The minimum atomic E-state index is 0.901. The van der Waals surface area contributed by atoms with Gasteiger partial charge in [0.05, 0.1) is 22.1 Å².